The van der Waals surface area contributed by atoms with Gasteiger partial charge in [0.05, 0.1) is 88.2 Å². The zero-order chi connectivity index (χ0) is 89.2. The van der Waals surface area contributed by atoms with Crippen molar-refractivity contribution in [1.29, 1.82) is 0 Å². The molecule has 4 amide bonds. The van der Waals surface area contributed by atoms with Crippen molar-refractivity contribution in [2.24, 2.45) is 0 Å². The minimum Gasteiger partial charge on any atom is -0.477 e. The molecule has 5 rings (SSSR count). The second-order valence-electron chi connectivity index (χ2n) is 32.2. The van der Waals surface area contributed by atoms with E-state index in [-0.39, 0.29) is 6.42 Å². The van der Waals surface area contributed by atoms with E-state index in [9.17, 15) is 136 Å². The Kier molecular flexibility index (Phi) is 46.4. The van der Waals surface area contributed by atoms with Gasteiger partial charge < -0.3 is 171 Å². The van der Waals surface area contributed by atoms with E-state index in [0.29, 0.717) is 12.8 Å². The second kappa shape index (κ2) is 52.8. The first kappa shape index (κ1) is 105. The van der Waals surface area contributed by atoms with Gasteiger partial charge in [0.15, 0.2) is 12.6 Å². The van der Waals surface area contributed by atoms with Gasteiger partial charge in [0.1, 0.15) is 104 Å². The second-order valence-corrected chi connectivity index (χ2v) is 32.2. The van der Waals surface area contributed by atoms with E-state index >= 15 is 0 Å². The van der Waals surface area contributed by atoms with Gasteiger partial charge in [-0.2, -0.15) is 0 Å². The number of unbranched alkanes of at least 4 members (excludes halogenated alkanes) is 23. The maximum Gasteiger partial charge on any atom is 0.364 e. The van der Waals surface area contributed by atoms with Gasteiger partial charge in [-0.25, -0.2) is 14.4 Å². The molecular weight excluding hydrogens is 1600 g/mol. The van der Waals surface area contributed by atoms with Crippen molar-refractivity contribution in [1.82, 2.24) is 21.3 Å². The molecule has 0 spiro atoms. The highest BCUT2D eigenvalue weighted by Gasteiger charge is 2.64. The van der Waals surface area contributed by atoms with E-state index in [2.05, 4.69) is 35.1 Å². The Labute approximate surface area is 698 Å². The molecule has 24 N–H and O–H groups in total. The van der Waals surface area contributed by atoms with Gasteiger partial charge in [0.2, 0.25) is 23.6 Å². The van der Waals surface area contributed by atoms with Gasteiger partial charge in [-0.15, -0.1) is 0 Å². The molecule has 5 aliphatic heterocycles. The molecule has 5 heterocycles. The number of carboxylic acids is 3. The van der Waals surface area contributed by atoms with Gasteiger partial charge in [-0.05, 0) is 19.3 Å². The van der Waals surface area contributed by atoms with Gasteiger partial charge in [0, 0.05) is 46.5 Å². The van der Waals surface area contributed by atoms with Crippen molar-refractivity contribution in [2.45, 2.75) is 403 Å². The molecule has 0 aromatic carbocycles. The summed E-state index contributed by atoms with van der Waals surface area (Å²) in [5.74, 6) is -20.6. The van der Waals surface area contributed by atoms with E-state index in [1.54, 1.807) is 6.08 Å². The molecule has 41 nitrogen and oxygen atoms in total. The van der Waals surface area contributed by atoms with Crippen LogP contribution >= 0.6 is 0 Å². The average Bonchev–Trinajstić information content (AvgIpc) is 0.738. The third-order valence-corrected chi connectivity index (χ3v) is 22.5. The number of hydrogen-bond donors (Lipinski definition) is 24. The largest absolute Gasteiger partial charge is 0.477 e. The van der Waals surface area contributed by atoms with Gasteiger partial charge in [-0.1, -0.05) is 167 Å². The number of carbonyl (C=O) groups excluding carboxylic acids is 4. The predicted octanol–water partition coefficient (Wildman–Crippen LogP) is -3.27. The number of aliphatic hydroxyl groups excluding tert-OH is 17. The highest BCUT2D eigenvalue weighted by Crippen LogP contribution is 2.43. The van der Waals surface area contributed by atoms with Crippen LogP contribution in [-0.4, -0.2) is 366 Å². The van der Waals surface area contributed by atoms with Crippen molar-refractivity contribution in [3.8, 4) is 0 Å². The number of carboxylic acid groups (broad SMARTS) is 3. The van der Waals surface area contributed by atoms with Crippen LogP contribution < -0.4 is 21.3 Å². The Bertz CT molecular complexity index is 3060. The molecule has 0 aromatic heterocycles. The summed E-state index contributed by atoms with van der Waals surface area (Å²) in [6.45, 7) is -0.104. The quantitative estimate of drug-likeness (QED) is 0.0210. The summed E-state index contributed by atoms with van der Waals surface area (Å²) < 4.78 is 58.1. The summed E-state index contributed by atoms with van der Waals surface area (Å²) in [6, 6.07) is -7.02. The fourth-order valence-corrected chi connectivity index (χ4v) is 15.8. The van der Waals surface area contributed by atoms with Crippen molar-refractivity contribution in [2.75, 3.05) is 39.6 Å². The van der Waals surface area contributed by atoms with Crippen LogP contribution in [0.15, 0.2) is 12.2 Å². The minimum atomic E-state index is -3.57. The van der Waals surface area contributed by atoms with Crippen LogP contribution in [0.5, 0.6) is 0 Å². The van der Waals surface area contributed by atoms with E-state index in [4.69, 9.17) is 47.4 Å². The molecule has 5 saturated heterocycles. The molecule has 120 heavy (non-hydrogen) atoms. The number of allylic oxidation sites excluding steroid dienone is 1. The molecule has 696 valence electrons. The Morgan fingerprint density at radius 3 is 1.23 bits per heavy atom. The fraction of sp³-hybridized carbons (Fsp3) is 0.886. The third-order valence-electron chi connectivity index (χ3n) is 22.5. The van der Waals surface area contributed by atoms with Crippen LogP contribution in [0.25, 0.3) is 0 Å². The van der Waals surface area contributed by atoms with E-state index in [1.165, 1.54) is 89.5 Å². The lowest BCUT2D eigenvalue weighted by Gasteiger charge is -2.51. The zero-order valence-electron chi connectivity index (χ0n) is 69.4. The molecular formula is C79H138N4O37. The van der Waals surface area contributed by atoms with E-state index in [1.807, 2.05) is 0 Å². The lowest BCUT2D eigenvalue weighted by atomic mass is 9.86. The number of nitrogens with one attached hydrogen (secondary N) is 4. The number of rotatable bonds is 57. The molecule has 0 aliphatic carbocycles. The maximum atomic E-state index is 13.8. The molecule has 0 radical (unpaired) electrons. The van der Waals surface area contributed by atoms with Crippen molar-refractivity contribution < 1.29 is 183 Å². The zero-order valence-corrected chi connectivity index (χ0v) is 69.4. The summed E-state index contributed by atoms with van der Waals surface area (Å²) in [5.41, 5.74) is 0. The molecule has 41 heteroatoms. The lowest BCUT2D eigenvalue weighted by Crippen LogP contribution is -2.72. The van der Waals surface area contributed by atoms with Crippen LogP contribution in [0.4, 0.5) is 0 Å². The topological polar surface area (TPSA) is 665 Å². The van der Waals surface area contributed by atoms with Crippen LogP contribution in [0.1, 0.15) is 221 Å². The van der Waals surface area contributed by atoms with Crippen molar-refractivity contribution >= 4 is 41.5 Å². The summed E-state index contributed by atoms with van der Waals surface area (Å²) >= 11 is 0. The molecule has 0 saturated carbocycles. The predicted molar refractivity (Wildman–Crippen MR) is 415 cm³/mol. The Morgan fingerprint density at radius 2 is 0.833 bits per heavy atom. The normalized spacial score (nSPS) is 33.1. The van der Waals surface area contributed by atoms with Crippen molar-refractivity contribution in [3.05, 3.63) is 12.2 Å². The summed E-state index contributed by atoms with van der Waals surface area (Å²) in [6.07, 6.45) is -25.2. The first-order valence-electron chi connectivity index (χ1n) is 42.3. The van der Waals surface area contributed by atoms with Crippen LogP contribution in [0.3, 0.4) is 0 Å². The number of hydrogen-bond acceptors (Lipinski definition) is 34. The minimum absolute atomic E-state index is 0.122. The number of ether oxygens (including phenoxy) is 10. The first-order valence-corrected chi connectivity index (χ1v) is 42.3. The smallest absolute Gasteiger partial charge is 0.364 e. The van der Waals surface area contributed by atoms with Crippen LogP contribution in [0, 0.1) is 0 Å². The van der Waals surface area contributed by atoms with Crippen molar-refractivity contribution in [3.63, 3.8) is 0 Å². The van der Waals surface area contributed by atoms with Crippen LogP contribution in [0.2, 0.25) is 0 Å². The number of amides is 4. The highest BCUT2D eigenvalue weighted by atomic mass is 16.8. The molecule has 30 atom stereocenters. The maximum absolute atomic E-state index is 13.8. The lowest BCUT2D eigenvalue weighted by molar-refractivity contribution is -0.388. The molecule has 5 fully saturated rings. The molecule has 5 aliphatic rings. The number of aliphatic carboxylic acids is 3. The number of carbonyl (C=O) groups is 7. The first-order chi connectivity index (χ1) is 57.0. The molecule has 0 aromatic rings. The SMILES string of the molecule is CCCCCCCCCCCCC/C=C/[C@@H](O)[C@H](CO[C@@H]1O[C@H](CO)[C@@H](O[C@@H]2O[C@H](CO)[C@H](O)[C@H](O[C@]3(C(=O)O)C[C@H](O)[C@@H](NC(C)=O)C([C@H](O)[C@@H](CO)O[C@]4(C(=O)O)C[C@H](O)[C@@H](NC(C)=O)C([C@H](O)[C@@H](CO)O[C@]5(C(=O)O)C[C@H](O)[C@@H](NC(C)=O)C([C@H](O)[C@H](O)CO)O5)O4)O3)[C@H]2O)[C@H](O)[C@H]1O)NC(=O)CCCCCCCCCCCCCCC. The highest BCUT2D eigenvalue weighted by molar-refractivity contribution is 5.79. The van der Waals surface area contributed by atoms with E-state index in [0.717, 1.165) is 85.0 Å². The molecule has 0 bridgehead atoms. The standard InChI is InChI=1S/C79H138N4O37/c1-6-8-10-12-14-16-18-20-22-24-26-28-30-32-47(92)46(83-56(97)33-31-29-27-25-23-21-19-17-15-13-11-9-7-2)42-111-72-65(103)64(102)67(55(41-88)113-72)114-73-66(104)71(61(99)52(38-85)112-73)120-79(76(109)110)36-50(95)59(82-45(5)91)70(119-79)63(101)54(40-87)116-78(75(107)108)35-49(94)58(81-44(4)90)69(118-78)62(100)53(39-86)115-77(74(105)106)34-48(93)57(80-43(3)89)68(117-77)60(98)51(96)37-84/h30,32,46-55,57-73,84-88,92-96,98-104H,6-29,31,33-42H2,1-5H3,(H,80,89)(H,81,90)(H,82,91)(H,83,97)(H,105,106)(H,107,108)(H,109,110)/b32-30+/t46-,47+,48-,49-,50-,51+,52+,53+,54+,55+,57+,58+,59+,60+,61-,62+,63+,64+,65+,66+,67+,68?,69?,70?,71-,72+,73-,77+,78+,79-/m0/s1. The van der Waals surface area contributed by atoms with E-state index < -0.39 is 283 Å². The summed E-state index contributed by atoms with van der Waals surface area (Å²) in [7, 11) is 0. The number of aliphatic hydroxyl groups is 17. The third kappa shape index (κ3) is 30.6. The monoisotopic (exact) mass is 1730 g/mol. The molecule has 3 unspecified atom stereocenters. The Balaban J connectivity index is 1.37. The van der Waals surface area contributed by atoms with Gasteiger partial charge >= 0.3 is 17.9 Å². The summed E-state index contributed by atoms with van der Waals surface area (Å²) in [4.78, 5) is 92.0. The average molecular weight is 1740 g/mol. The Morgan fingerprint density at radius 1 is 0.450 bits per heavy atom. The Hall–Kier alpha value is -5.05. The van der Waals surface area contributed by atoms with Gasteiger partial charge in [0.25, 0.3) is 17.4 Å². The fourth-order valence-electron chi connectivity index (χ4n) is 15.8. The van der Waals surface area contributed by atoms with Gasteiger partial charge in [-0.3, -0.25) is 19.2 Å². The summed E-state index contributed by atoms with van der Waals surface area (Å²) in [5, 5.41) is 235. The van der Waals surface area contributed by atoms with Crippen LogP contribution in [-0.2, 0) is 80.9 Å².